The third-order valence-corrected chi connectivity index (χ3v) is 5.66. The number of carbonyl (C=O) groups is 2. The van der Waals surface area contributed by atoms with Crippen LogP contribution in [-0.2, 0) is 4.79 Å². The molecule has 1 aliphatic rings. The van der Waals surface area contributed by atoms with Gasteiger partial charge in [-0.3, -0.25) is 9.59 Å². The Morgan fingerprint density at radius 3 is 2.59 bits per heavy atom. The van der Waals surface area contributed by atoms with E-state index in [1.807, 2.05) is 12.1 Å². The fourth-order valence-corrected chi connectivity index (χ4v) is 3.66. The number of nitrogens with zero attached hydrogens (tertiary/aromatic N) is 1. The molecule has 0 radical (unpaired) electrons. The van der Waals surface area contributed by atoms with Gasteiger partial charge in [0.2, 0.25) is 0 Å². The summed E-state index contributed by atoms with van der Waals surface area (Å²) in [6.07, 6.45) is 0.628. The zero-order valence-corrected chi connectivity index (χ0v) is 19.4. The first-order chi connectivity index (χ1) is 15.5. The molecule has 32 heavy (non-hydrogen) atoms. The van der Waals surface area contributed by atoms with Gasteiger partial charge in [-0.25, -0.2) is 0 Å². The minimum absolute atomic E-state index is 0.0182. The van der Waals surface area contributed by atoms with Crippen LogP contribution in [0.2, 0.25) is 5.02 Å². The van der Waals surface area contributed by atoms with Crippen LogP contribution in [-0.4, -0.2) is 31.6 Å². The molecule has 0 spiro atoms. The van der Waals surface area contributed by atoms with Crippen molar-refractivity contribution in [2.45, 2.75) is 6.42 Å². The molecule has 0 fully saturated rings. The monoisotopic (exact) mass is 514 g/mol. The molecule has 0 saturated carbocycles. The van der Waals surface area contributed by atoms with Crippen LogP contribution in [0, 0.1) is 0 Å². The highest BCUT2D eigenvalue weighted by atomic mass is 79.9. The number of amides is 2. The molecule has 4 rings (SSSR count). The van der Waals surface area contributed by atoms with E-state index in [2.05, 4.69) is 21.2 Å². The third-order valence-electron chi connectivity index (χ3n) is 4.87. The SMILES string of the molecule is O=C(Nc1ccc2c(c1)N(CCCOc1ccc(Cl)cc1)C(=O)CO2)c1ccc(Br)cc1. The van der Waals surface area contributed by atoms with Gasteiger partial charge in [-0.15, -0.1) is 0 Å². The Kier molecular flexibility index (Phi) is 6.97. The first-order valence-corrected chi connectivity index (χ1v) is 11.2. The Balaban J connectivity index is 1.41. The van der Waals surface area contributed by atoms with Gasteiger partial charge < -0.3 is 19.7 Å². The molecule has 0 bridgehead atoms. The summed E-state index contributed by atoms with van der Waals surface area (Å²) in [5, 5.41) is 3.52. The van der Waals surface area contributed by atoms with Crippen molar-refractivity contribution in [3.8, 4) is 11.5 Å². The molecule has 2 amide bonds. The lowest BCUT2D eigenvalue weighted by atomic mass is 10.1. The second kappa shape index (κ2) is 10.1. The molecule has 0 saturated heterocycles. The Morgan fingerprint density at radius 2 is 1.84 bits per heavy atom. The normalized spacial score (nSPS) is 12.7. The summed E-state index contributed by atoms with van der Waals surface area (Å²) in [6, 6.07) is 19.5. The maximum Gasteiger partial charge on any atom is 0.265 e. The third kappa shape index (κ3) is 5.41. The van der Waals surface area contributed by atoms with Gasteiger partial charge >= 0.3 is 0 Å². The van der Waals surface area contributed by atoms with Crippen molar-refractivity contribution in [2.24, 2.45) is 0 Å². The van der Waals surface area contributed by atoms with Gasteiger partial charge in [0.1, 0.15) is 11.5 Å². The first kappa shape index (κ1) is 22.2. The van der Waals surface area contributed by atoms with Crippen LogP contribution in [0.4, 0.5) is 11.4 Å². The molecule has 1 aliphatic heterocycles. The Labute approximate surface area is 199 Å². The average molecular weight is 516 g/mol. The van der Waals surface area contributed by atoms with E-state index < -0.39 is 0 Å². The van der Waals surface area contributed by atoms with Crippen molar-refractivity contribution in [1.82, 2.24) is 0 Å². The lowest BCUT2D eigenvalue weighted by Gasteiger charge is -2.30. The second-order valence-electron chi connectivity index (χ2n) is 7.13. The molecule has 6 nitrogen and oxygen atoms in total. The summed E-state index contributed by atoms with van der Waals surface area (Å²) in [7, 11) is 0. The van der Waals surface area contributed by atoms with E-state index in [0.29, 0.717) is 47.3 Å². The number of ether oxygens (including phenoxy) is 2. The quantitative estimate of drug-likeness (QED) is 0.419. The average Bonchev–Trinajstić information content (AvgIpc) is 2.79. The fraction of sp³-hybridized carbons (Fsp3) is 0.167. The molecular formula is C24H20BrClN2O4. The molecule has 3 aromatic rings. The number of hydrogen-bond donors (Lipinski definition) is 1. The molecule has 1 N–H and O–H groups in total. The smallest absolute Gasteiger partial charge is 0.265 e. The maximum atomic E-state index is 12.5. The Hall–Kier alpha value is -3.03. The lowest BCUT2D eigenvalue weighted by molar-refractivity contribution is -0.121. The van der Waals surface area contributed by atoms with E-state index in [4.69, 9.17) is 21.1 Å². The van der Waals surface area contributed by atoms with Gasteiger partial charge in [0.15, 0.2) is 6.61 Å². The molecule has 8 heteroatoms. The highest BCUT2D eigenvalue weighted by Gasteiger charge is 2.25. The molecule has 1 heterocycles. The van der Waals surface area contributed by atoms with Crippen molar-refractivity contribution in [1.29, 1.82) is 0 Å². The molecule has 0 unspecified atom stereocenters. The van der Waals surface area contributed by atoms with Crippen LogP contribution in [0.1, 0.15) is 16.8 Å². The second-order valence-corrected chi connectivity index (χ2v) is 8.49. The van der Waals surface area contributed by atoms with Gasteiger partial charge in [0, 0.05) is 27.3 Å². The van der Waals surface area contributed by atoms with Gasteiger partial charge in [0.25, 0.3) is 11.8 Å². The summed E-state index contributed by atoms with van der Waals surface area (Å²) in [6.45, 7) is 0.893. The first-order valence-electron chi connectivity index (χ1n) is 10.0. The summed E-state index contributed by atoms with van der Waals surface area (Å²) in [4.78, 5) is 26.7. The number of benzene rings is 3. The number of hydrogen-bond acceptors (Lipinski definition) is 4. The number of carbonyl (C=O) groups excluding carboxylic acids is 2. The zero-order chi connectivity index (χ0) is 22.5. The zero-order valence-electron chi connectivity index (χ0n) is 17.0. The van der Waals surface area contributed by atoms with Crippen LogP contribution in [0.5, 0.6) is 11.5 Å². The number of fused-ring (bicyclic) bond motifs is 1. The maximum absolute atomic E-state index is 12.5. The van der Waals surface area contributed by atoms with Crippen LogP contribution in [0.15, 0.2) is 71.2 Å². The van der Waals surface area contributed by atoms with Crippen molar-refractivity contribution >= 4 is 50.7 Å². The largest absolute Gasteiger partial charge is 0.494 e. The molecule has 0 aromatic heterocycles. The fourth-order valence-electron chi connectivity index (χ4n) is 3.27. The Morgan fingerprint density at radius 1 is 1.09 bits per heavy atom. The van der Waals surface area contributed by atoms with Crippen LogP contribution >= 0.6 is 27.5 Å². The van der Waals surface area contributed by atoms with E-state index in [0.717, 1.165) is 10.2 Å². The van der Waals surface area contributed by atoms with Gasteiger partial charge in [-0.2, -0.15) is 0 Å². The van der Waals surface area contributed by atoms with Crippen LogP contribution in [0.3, 0.4) is 0 Å². The predicted octanol–water partition coefficient (Wildman–Crippen LogP) is 5.55. The standard InChI is InChI=1S/C24H20BrClN2O4/c25-17-4-2-16(3-5-17)24(30)27-19-8-11-22-21(14-19)28(23(29)15-32-22)12-1-13-31-20-9-6-18(26)7-10-20/h2-11,14H,1,12-13,15H2,(H,27,30). The van der Waals surface area contributed by atoms with E-state index >= 15 is 0 Å². The van der Waals surface area contributed by atoms with E-state index in [1.54, 1.807) is 59.5 Å². The van der Waals surface area contributed by atoms with Crippen molar-refractivity contribution in [3.05, 3.63) is 81.8 Å². The molecule has 3 aromatic carbocycles. The number of nitrogens with one attached hydrogen (secondary N) is 1. The minimum Gasteiger partial charge on any atom is -0.494 e. The van der Waals surface area contributed by atoms with Crippen molar-refractivity contribution < 1.29 is 19.1 Å². The highest BCUT2D eigenvalue weighted by Crippen LogP contribution is 2.35. The van der Waals surface area contributed by atoms with Crippen molar-refractivity contribution in [2.75, 3.05) is 30.0 Å². The van der Waals surface area contributed by atoms with Gasteiger partial charge in [0.05, 0.1) is 12.3 Å². The predicted molar refractivity (Wildman–Crippen MR) is 128 cm³/mol. The van der Waals surface area contributed by atoms with Gasteiger partial charge in [-0.05, 0) is 73.2 Å². The summed E-state index contributed by atoms with van der Waals surface area (Å²) in [5.74, 6) is 0.953. The summed E-state index contributed by atoms with van der Waals surface area (Å²) < 4.78 is 12.2. The topological polar surface area (TPSA) is 67.9 Å². The summed E-state index contributed by atoms with van der Waals surface area (Å²) in [5.41, 5.74) is 1.74. The highest BCUT2D eigenvalue weighted by molar-refractivity contribution is 9.10. The molecule has 164 valence electrons. The summed E-state index contributed by atoms with van der Waals surface area (Å²) >= 11 is 9.24. The van der Waals surface area contributed by atoms with E-state index in [1.165, 1.54) is 0 Å². The molecule has 0 atom stereocenters. The number of rotatable bonds is 7. The van der Waals surface area contributed by atoms with Gasteiger partial charge in [-0.1, -0.05) is 27.5 Å². The van der Waals surface area contributed by atoms with Crippen LogP contribution in [0.25, 0.3) is 0 Å². The van der Waals surface area contributed by atoms with E-state index in [9.17, 15) is 9.59 Å². The van der Waals surface area contributed by atoms with Crippen LogP contribution < -0.4 is 19.7 Å². The molecular weight excluding hydrogens is 496 g/mol. The van der Waals surface area contributed by atoms with Crippen molar-refractivity contribution in [3.63, 3.8) is 0 Å². The van der Waals surface area contributed by atoms with E-state index in [-0.39, 0.29) is 18.4 Å². The lowest BCUT2D eigenvalue weighted by Crippen LogP contribution is -2.39. The Bertz CT molecular complexity index is 1120. The number of anilines is 2. The number of halogens is 2. The minimum atomic E-state index is -0.233. The molecule has 0 aliphatic carbocycles.